The van der Waals surface area contributed by atoms with E-state index in [0.717, 1.165) is 5.69 Å². The predicted octanol–water partition coefficient (Wildman–Crippen LogP) is 2.42. The molecule has 0 aromatic heterocycles. The highest BCUT2D eigenvalue weighted by Gasteiger charge is 2.15. The molecule has 2 rings (SSSR count). The molecule has 1 aliphatic carbocycles. The Morgan fingerprint density at radius 3 is 2.72 bits per heavy atom. The summed E-state index contributed by atoms with van der Waals surface area (Å²) in [5.41, 5.74) is 1.05. The summed E-state index contributed by atoms with van der Waals surface area (Å²) in [6, 6.07) is 6.41. The van der Waals surface area contributed by atoms with E-state index >= 15 is 0 Å². The first-order valence-electron chi connectivity index (χ1n) is 6.51. The Balaban J connectivity index is 2.05. The minimum absolute atomic E-state index is 0.00341. The van der Waals surface area contributed by atoms with Gasteiger partial charge in [0.2, 0.25) is 0 Å². The van der Waals surface area contributed by atoms with E-state index in [1.54, 1.807) is 7.11 Å². The fourth-order valence-electron chi connectivity index (χ4n) is 2.34. The van der Waals surface area contributed by atoms with Gasteiger partial charge in [-0.25, -0.2) is 0 Å². The molecule has 0 radical (unpaired) electrons. The number of aliphatic hydroxyl groups is 1. The van der Waals surface area contributed by atoms with Crippen LogP contribution >= 0.6 is 0 Å². The Labute approximate surface area is 108 Å². The second-order valence-electron chi connectivity index (χ2n) is 4.56. The first kappa shape index (κ1) is 13.0. The van der Waals surface area contributed by atoms with Gasteiger partial charge in [-0.2, -0.15) is 0 Å². The summed E-state index contributed by atoms with van der Waals surface area (Å²) in [6.45, 7) is 0.284. The molecule has 0 saturated heterocycles. The first-order valence-corrected chi connectivity index (χ1v) is 6.51. The molecular weight excluding hydrogens is 230 g/mol. The Morgan fingerprint density at radius 1 is 1.28 bits per heavy atom. The Kier molecular flexibility index (Phi) is 4.70. The largest absolute Gasteiger partial charge is 0.493 e. The number of nitrogens with one attached hydrogen (secondary N) is 1. The molecule has 1 aromatic rings. The maximum absolute atomic E-state index is 8.81. The molecule has 4 nitrogen and oxygen atoms in total. The van der Waals surface area contributed by atoms with Crippen molar-refractivity contribution in [2.45, 2.75) is 31.7 Å². The highest BCUT2D eigenvalue weighted by atomic mass is 16.5. The zero-order valence-corrected chi connectivity index (χ0v) is 10.8. The monoisotopic (exact) mass is 251 g/mol. The fourth-order valence-corrected chi connectivity index (χ4v) is 2.34. The van der Waals surface area contributed by atoms with Crippen LogP contribution in [0.25, 0.3) is 0 Å². The number of rotatable bonds is 6. The van der Waals surface area contributed by atoms with Gasteiger partial charge in [-0.3, -0.25) is 0 Å². The zero-order valence-electron chi connectivity index (χ0n) is 10.8. The average molecular weight is 251 g/mol. The molecule has 0 unspecified atom stereocenters. The number of hydrogen-bond donors (Lipinski definition) is 2. The van der Waals surface area contributed by atoms with Gasteiger partial charge >= 0.3 is 0 Å². The van der Waals surface area contributed by atoms with E-state index in [1.807, 2.05) is 18.2 Å². The van der Waals surface area contributed by atoms with Crippen LogP contribution in [-0.4, -0.2) is 31.5 Å². The molecule has 18 heavy (non-hydrogen) atoms. The maximum Gasteiger partial charge on any atom is 0.163 e. The van der Waals surface area contributed by atoms with E-state index < -0.39 is 0 Å². The van der Waals surface area contributed by atoms with Crippen LogP contribution in [0.4, 0.5) is 5.69 Å². The van der Waals surface area contributed by atoms with Crippen LogP contribution in [0.2, 0.25) is 0 Å². The lowest BCUT2D eigenvalue weighted by Gasteiger charge is -2.16. The molecule has 0 spiro atoms. The molecule has 0 aliphatic heterocycles. The van der Waals surface area contributed by atoms with Crippen LogP contribution in [-0.2, 0) is 0 Å². The van der Waals surface area contributed by atoms with Gasteiger partial charge in [0.1, 0.15) is 6.61 Å². The standard InChI is InChI=1S/C14H21NO3/c1-17-13-7-6-12(10-14(13)18-9-8-16)15-11-4-2-3-5-11/h6-7,10-11,15-16H,2-5,8-9H2,1H3. The van der Waals surface area contributed by atoms with Gasteiger partial charge in [-0.05, 0) is 25.0 Å². The van der Waals surface area contributed by atoms with Crippen molar-refractivity contribution in [1.29, 1.82) is 0 Å². The fraction of sp³-hybridized carbons (Fsp3) is 0.571. The van der Waals surface area contributed by atoms with Crippen LogP contribution in [0.15, 0.2) is 18.2 Å². The summed E-state index contributed by atoms with van der Waals surface area (Å²) in [5, 5.41) is 12.3. The lowest BCUT2D eigenvalue weighted by atomic mass is 10.2. The van der Waals surface area contributed by atoms with Crippen molar-refractivity contribution < 1.29 is 14.6 Å². The molecule has 2 N–H and O–H groups in total. The molecule has 1 saturated carbocycles. The molecule has 0 heterocycles. The lowest BCUT2D eigenvalue weighted by Crippen LogP contribution is -2.14. The molecule has 0 atom stereocenters. The van der Waals surface area contributed by atoms with Crippen LogP contribution in [0, 0.1) is 0 Å². The van der Waals surface area contributed by atoms with E-state index in [-0.39, 0.29) is 13.2 Å². The maximum atomic E-state index is 8.81. The van der Waals surface area contributed by atoms with Crippen molar-refractivity contribution in [3.8, 4) is 11.5 Å². The third-order valence-corrected chi connectivity index (χ3v) is 3.24. The summed E-state index contributed by atoms with van der Waals surface area (Å²) in [6.07, 6.45) is 5.08. The quantitative estimate of drug-likeness (QED) is 0.815. The molecule has 100 valence electrons. The van der Waals surface area contributed by atoms with Crippen molar-refractivity contribution in [1.82, 2.24) is 0 Å². The molecule has 1 aliphatic rings. The van der Waals surface area contributed by atoms with Crippen LogP contribution in [0.3, 0.4) is 0 Å². The predicted molar refractivity (Wildman–Crippen MR) is 71.5 cm³/mol. The summed E-state index contributed by atoms with van der Waals surface area (Å²) >= 11 is 0. The van der Waals surface area contributed by atoms with Gasteiger partial charge < -0.3 is 19.9 Å². The molecule has 0 amide bonds. The number of ether oxygens (including phenoxy) is 2. The normalized spacial score (nSPS) is 15.7. The number of benzene rings is 1. The minimum atomic E-state index is 0.00341. The Morgan fingerprint density at radius 2 is 2.06 bits per heavy atom. The first-order chi connectivity index (χ1) is 8.83. The Hall–Kier alpha value is -1.42. The van der Waals surface area contributed by atoms with Gasteiger partial charge in [-0.15, -0.1) is 0 Å². The van der Waals surface area contributed by atoms with Crippen LogP contribution in [0.1, 0.15) is 25.7 Å². The van der Waals surface area contributed by atoms with Gasteiger partial charge in [0.05, 0.1) is 13.7 Å². The van der Waals surface area contributed by atoms with Gasteiger partial charge in [0.25, 0.3) is 0 Å². The van der Waals surface area contributed by atoms with Crippen molar-refractivity contribution in [2.24, 2.45) is 0 Å². The number of aliphatic hydroxyl groups excluding tert-OH is 1. The van der Waals surface area contributed by atoms with Crippen LogP contribution < -0.4 is 14.8 Å². The van der Waals surface area contributed by atoms with Crippen molar-refractivity contribution >= 4 is 5.69 Å². The molecule has 0 bridgehead atoms. The third kappa shape index (κ3) is 3.29. The van der Waals surface area contributed by atoms with Crippen LogP contribution in [0.5, 0.6) is 11.5 Å². The zero-order chi connectivity index (χ0) is 12.8. The van der Waals surface area contributed by atoms with Gasteiger partial charge in [0, 0.05) is 17.8 Å². The SMILES string of the molecule is COc1ccc(NC2CCCC2)cc1OCCO. The number of methoxy groups -OCH3 is 1. The third-order valence-electron chi connectivity index (χ3n) is 3.24. The van der Waals surface area contributed by atoms with E-state index in [9.17, 15) is 0 Å². The van der Waals surface area contributed by atoms with E-state index in [4.69, 9.17) is 14.6 Å². The Bertz CT molecular complexity index is 375. The smallest absolute Gasteiger partial charge is 0.163 e. The van der Waals surface area contributed by atoms with E-state index in [0.29, 0.717) is 17.5 Å². The van der Waals surface area contributed by atoms with E-state index in [2.05, 4.69) is 5.32 Å². The highest BCUT2D eigenvalue weighted by molar-refractivity contribution is 5.55. The second-order valence-corrected chi connectivity index (χ2v) is 4.56. The molecular formula is C14H21NO3. The molecule has 1 fully saturated rings. The summed E-state index contributed by atoms with van der Waals surface area (Å²) in [4.78, 5) is 0. The minimum Gasteiger partial charge on any atom is -0.493 e. The number of hydrogen-bond acceptors (Lipinski definition) is 4. The molecule has 4 heteroatoms. The van der Waals surface area contributed by atoms with Crippen molar-refractivity contribution in [3.63, 3.8) is 0 Å². The summed E-state index contributed by atoms with van der Waals surface area (Å²) in [5.74, 6) is 1.37. The lowest BCUT2D eigenvalue weighted by molar-refractivity contribution is 0.196. The summed E-state index contributed by atoms with van der Waals surface area (Å²) < 4.78 is 10.7. The molecule has 1 aromatic carbocycles. The van der Waals surface area contributed by atoms with Crippen molar-refractivity contribution in [2.75, 3.05) is 25.6 Å². The second kappa shape index (κ2) is 6.50. The average Bonchev–Trinajstić information content (AvgIpc) is 2.89. The van der Waals surface area contributed by atoms with Gasteiger partial charge in [0.15, 0.2) is 11.5 Å². The topological polar surface area (TPSA) is 50.7 Å². The number of anilines is 1. The van der Waals surface area contributed by atoms with E-state index in [1.165, 1.54) is 25.7 Å². The highest BCUT2D eigenvalue weighted by Crippen LogP contribution is 2.31. The van der Waals surface area contributed by atoms with Crippen molar-refractivity contribution in [3.05, 3.63) is 18.2 Å². The van der Waals surface area contributed by atoms with Gasteiger partial charge in [-0.1, -0.05) is 12.8 Å². The summed E-state index contributed by atoms with van der Waals surface area (Å²) in [7, 11) is 1.62.